The fourth-order valence-corrected chi connectivity index (χ4v) is 6.08. The molecule has 2 aromatic carbocycles. The minimum Gasteiger partial charge on any atom is -0.475 e. The van der Waals surface area contributed by atoms with Crippen molar-refractivity contribution in [2.24, 2.45) is 0 Å². The van der Waals surface area contributed by atoms with Crippen LogP contribution in [0.25, 0.3) is 0 Å². The molecule has 31 heavy (non-hydrogen) atoms. The van der Waals surface area contributed by atoms with Crippen LogP contribution in [0.2, 0.25) is 0 Å². The SMILES string of the molecule is CC1NCCc2cc3c(cc21)OC(C(=O)O)(C(=O)O)O3.CNc1c(I)cc(C)cc1I. The average Bonchev–Trinajstić information content (AvgIpc) is 3.07. The van der Waals surface area contributed by atoms with E-state index >= 15 is 0 Å². The fraction of sp³-hybridized carbons (Fsp3) is 0.333. The highest BCUT2D eigenvalue weighted by atomic mass is 127. The second-order valence-electron chi connectivity index (χ2n) is 7.21. The van der Waals surface area contributed by atoms with Crippen molar-refractivity contribution < 1.29 is 29.3 Å². The number of rotatable bonds is 3. The van der Waals surface area contributed by atoms with E-state index in [4.69, 9.17) is 19.7 Å². The Labute approximate surface area is 207 Å². The van der Waals surface area contributed by atoms with Crippen molar-refractivity contribution >= 4 is 62.8 Å². The lowest BCUT2D eigenvalue weighted by Crippen LogP contribution is -2.54. The van der Waals surface area contributed by atoms with Gasteiger partial charge in [0.1, 0.15) is 0 Å². The normalized spacial score (nSPS) is 17.8. The van der Waals surface area contributed by atoms with Gasteiger partial charge in [-0.15, -0.1) is 0 Å². The minimum absolute atomic E-state index is 0.0947. The summed E-state index contributed by atoms with van der Waals surface area (Å²) in [7, 11) is 1.95. The molecular weight excluding hydrogens is 630 g/mol. The molecule has 4 N–H and O–H groups in total. The van der Waals surface area contributed by atoms with Gasteiger partial charge >= 0.3 is 17.7 Å². The molecule has 2 aliphatic rings. The van der Waals surface area contributed by atoms with Crippen LogP contribution >= 0.6 is 45.2 Å². The summed E-state index contributed by atoms with van der Waals surface area (Å²) in [5, 5.41) is 24.6. The van der Waals surface area contributed by atoms with Crippen LogP contribution in [-0.4, -0.2) is 41.5 Å². The maximum atomic E-state index is 11.2. The lowest BCUT2D eigenvalue weighted by molar-refractivity contribution is -0.194. The molecule has 0 bridgehead atoms. The van der Waals surface area contributed by atoms with E-state index in [1.165, 1.54) is 18.4 Å². The van der Waals surface area contributed by atoms with Crippen LogP contribution in [0, 0.1) is 14.1 Å². The molecule has 0 saturated heterocycles. The Balaban J connectivity index is 0.000000210. The Morgan fingerprint density at radius 2 is 1.65 bits per heavy atom. The first-order valence-electron chi connectivity index (χ1n) is 9.47. The molecule has 0 aliphatic carbocycles. The number of aliphatic carboxylic acids is 2. The van der Waals surface area contributed by atoms with Crippen LogP contribution in [0.15, 0.2) is 24.3 Å². The molecule has 0 aromatic heterocycles. The first kappa shape index (κ1) is 23.9. The number of ether oxygens (including phenoxy) is 2. The molecule has 10 heteroatoms. The molecule has 0 saturated carbocycles. The van der Waals surface area contributed by atoms with E-state index in [9.17, 15) is 9.59 Å². The topological polar surface area (TPSA) is 117 Å². The molecule has 0 fully saturated rings. The minimum atomic E-state index is -2.69. The van der Waals surface area contributed by atoms with Crippen molar-refractivity contribution in [2.45, 2.75) is 32.1 Å². The van der Waals surface area contributed by atoms with Gasteiger partial charge in [0.2, 0.25) is 0 Å². The molecule has 1 atom stereocenters. The summed E-state index contributed by atoms with van der Waals surface area (Å²) in [5.74, 6) is -5.77. The number of nitrogens with one attached hydrogen (secondary N) is 2. The number of carboxylic acid groups (broad SMARTS) is 2. The van der Waals surface area contributed by atoms with Crippen molar-refractivity contribution in [3.8, 4) is 11.5 Å². The van der Waals surface area contributed by atoms with Crippen molar-refractivity contribution in [3.05, 3.63) is 48.1 Å². The quantitative estimate of drug-likeness (QED) is 0.293. The number of carbonyl (C=O) groups is 2. The van der Waals surface area contributed by atoms with E-state index in [0.29, 0.717) is 0 Å². The predicted octanol–water partition coefficient (Wildman–Crippen LogP) is 3.78. The lowest BCUT2D eigenvalue weighted by atomic mass is 9.95. The largest absolute Gasteiger partial charge is 0.475 e. The number of benzene rings is 2. The predicted molar refractivity (Wildman–Crippen MR) is 132 cm³/mol. The smallest absolute Gasteiger partial charge is 0.453 e. The van der Waals surface area contributed by atoms with E-state index in [2.05, 4.69) is 74.9 Å². The fourth-order valence-electron chi connectivity index (χ4n) is 3.47. The number of hydrogen-bond acceptors (Lipinski definition) is 6. The van der Waals surface area contributed by atoms with E-state index in [1.54, 1.807) is 12.1 Å². The Bertz CT molecular complexity index is 1010. The Morgan fingerprint density at radius 1 is 1.10 bits per heavy atom. The molecule has 166 valence electrons. The summed E-state index contributed by atoms with van der Waals surface area (Å²) in [6, 6.07) is 7.76. The monoisotopic (exact) mass is 652 g/mol. The molecule has 0 radical (unpaired) electrons. The Kier molecular flexibility index (Phi) is 7.21. The van der Waals surface area contributed by atoms with Gasteiger partial charge in [0.05, 0.1) is 5.69 Å². The Hall–Kier alpha value is -1.80. The van der Waals surface area contributed by atoms with Crippen LogP contribution < -0.4 is 20.1 Å². The van der Waals surface area contributed by atoms with Gasteiger partial charge in [-0.2, -0.15) is 0 Å². The highest BCUT2D eigenvalue weighted by molar-refractivity contribution is 14.1. The third-order valence-corrected chi connectivity index (χ3v) is 6.73. The number of fused-ring (bicyclic) bond motifs is 2. The lowest BCUT2D eigenvalue weighted by Gasteiger charge is -2.23. The third kappa shape index (κ3) is 4.70. The number of carboxylic acids is 2. The van der Waals surface area contributed by atoms with E-state index in [-0.39, 0.29) is 17.5 Å². The van der Waals surface area contributed by atoms with Crippen LogP contribution in [0.3, 0.4) is 0 Å². The first-order chi connectivity index (χ1) is 14.6. The number of anilines is 1. The van der Waals surface area contributed by atoms with Gasteiger partial charge in [-0.1, -0.05) is 0 Å². The summed E-state index contributed by atoms with van der Waals surface area (Å²) in [5.41, 5.74) is 4.52. The summed E-state index contributed by atoms with van der Waals surface area (Å²) >= 11 is 4.69. The zero-order valence-electron chi connectivity index (χ0n) is 17.1. The van der Waals surface area contributed by atoms with Gasteiger partial charge in [0.15, 0.2) is 11.5 Å². The zero-order valence-corrected chi connectivity index (χ0v) is 21.4. The maximum Gasteiger partial charge on any atom is 0.453 e. The molecule has 0 spiro atoms. The van der Waals surface area contributed by atoms with Crippen molar-refractivity contribution in [1.82, 2.24) is 5.32 Å². The van der Waals surface area contributed by atoms with Gasteiger partial charge in [0.25, 0.3) is 0 Å². The Morgan fingerprint density at radius 3 is 2.16 bits per heavy atom. The van der Waals surface area contributed by atoms with Gasteiger partial charge < -0.3 is 30.3 Å². The summed E-state index contributed by atoms with van der Waals surface area (Å²) in [6.07, 6.45) is 0.767. The number of aryl methyl sites for hydroxylation is 1. The number of halogens is 2. The van der Waals surface area contributed by atoms with E-state index in [0.717, 1.165) is 24.1 Å². The van der Waals surface area contributed by atoms with Gasteiger partial charge in [-0.3, -0.25) is 0 Å². The average molecular weight is 652 g/mol. The first-order valence-corrected chi connectivity index (χ1v) is 11.6. The molecule has 2 aliphatic heterocycles. The van der Waals surface area contributed by atoms with Crippen molar-refractivity contribution in [2.75, 3.05) is 18.9 Å². The molecule has 4 rings (SSSR count). The molecular formula is C21H22I2N2O6. The van der Waals surface area contributed by atoms with Crippen LogP contribution in [0.1, 0.15) is 29.7 Å². The van der Waals surface area contributed by atoms with Gasteiger partial charge in [-0.05, 0) is 113 Å². The highest BCUT2D eigenvalue weighted by Gasteiger charge is 2.57. The van der Waals surface area contributed by atoms with E-state index < -0.39 is 17.7 Å². The van der Waals surface area contributed by atoms with Crippen molar-refractivity contribution in [3.63, 3.8) is 0 Å². The summed E-state index contributed by atoms with van der Waals surface area (Å²) in [4.78, 5) is 22.4. The molecule has 1 unspecified atom stereocenters. The van der Waals surface area contributed by atoms with E-state index in [1.807, 2.05) is 14.0 Å². The summed E-state index contributed by atoms with van der Waals surface area (Å²) in [6.45, 7) is 4.89. The maximum absolute atomic E-state index is 11.2. The second kappa shape index (κ2) is 9.36. The molecule has 0 amide bonds. The second-order valence-corrected chi connectivity index (χ2v) is 9.53. The van der Waals surface area contributed by atoms with Crippen molar-refractivity contribution in [1.29, 1.82) is 0 Å². The van der Waals surface area contributed by atoms with Gasteiger partial charge in [-0.25, -0.2) is 9.59 Å². The number of hydrogen-bond donors (Lipinski definition) is 4. The molecule has 8 nitrogen and oxygen atoms in total. The van der Waals surface area contributed by atoms with Crippen LogP contribution in [0.4, 0.5) is 5.69 Å². The highest BCUT2D eigenvalue weighted by Crippen LogP contribution is 2.43. The molecule has 2 aromatic rings. The van der Waals surface area contributed by atoms with Crippen LogP contribution in [0.5, 0.6) is 11.5 Å². The molecule has 2 heterocycles. The van der Waals surface area contributed by atoms with Gasteiger partial charge in [0, 0.05) is 20.2 Å². The zero-order chi connectivity index (χ0) is 22.9. The van der Waals surface area contributed by atoms with Crippen LogP contribution in [-0.2, 0) is 16.0 Å². The third-order valence-electron chi connectivity index (χ3n) is 5.02. The standard InChI is InChI=1S/C13H13NO6.C8H9I2N/c1-6-8-5-10-9(4-7(8)2-3-14-6)19-13(20-10,11(15)16)12(17)18;1-5-3-6(9)8(11-2)7(10)4-5/h4-6,14H,2-3H2,1H3,(H,15,16)(H,17,18);3-4,11H,1-2H3. The summed E-state index contributed by atoms with van der Waals surface area (Å²) < 4.78 is 12.7.